The van der Waals surface area contributed by atoms with Gasteiger partial charge in [0.25, 0.3) is 5.56 Å². The Bertz CT molecular complexity index is 603. The maximum atomic E-state index is 11.7. The Morgan fingerprint density at radius 2 is 2.07 bits per heavy atom. The molecular weight excluding hydrogens is 262 g/mol. The average molecular weight is 268 g/mol. The van der Waals surface area contributed by atoms with Crippen molar-refractivity contribution in [1.29, 1.82) is 0 Å². The third kappa shape index (κ3) is 1.55. The van der Waals surface area contributed by atoms with Crippen LogP contribution in [-0.4, -0.2) is 15.5 Å². The van der Waals surface area contributed by atoms with Crippen molar-refractivity contribution in [2.24, 2.45) is 0 Å². The number of carboxylic acids is 1. The van der Waals surface area contributed by atoms with E-state index in [1.54, 1.807) is 18.2 Å². The third-order valence-electron chi connectivity index (χ3n) is 2.07. The molecule has 0 aliphatic heterocycles. The van der Waals surface area contributed by atoms with Gasteiger partial charge in [-0.15, -0.1) is 0 Å². The van der Waals surface area contributed by atoms with E-state index in [2.05, 4.69) is 15.9 Å². The van der Waals surface area contributed by atoms with Gasteiger partial charge in [0.1, 0.15) is 5.56 Å². The summed E-state index contributed by atoms with van der Waals surface area (Å²) in [6, 6.07) is 6.36. The first-order valence-corrected chi connectivity index (χ1v) is 4.94. The highest BCUT2D eigenvalue weighted by atomic mass is 79.9. The number of pyridine rings is 2. The minimum absolute atomic E-state index is 0.231. The average Bonchev–Trinajstić information content (AvgIpc) is 2.19. The lowest BCUT2D eigenvalue weighted by Crippen LogP contribution is -2.21. The molecule has 0 amide bonds. The van der Waals surface area contributed by atoms with E-state index in [0.29, 0.717) is 5.52 Å². The van der Waals surface area contributed by atoms with Crippen LogP contribution in [-0.2, 0) is 0 Å². The second-order valence-corrected chi connectivity index (χ2v) is 3.82. The second kappa shape index (κ2) is 3.51. The number of hydrogen-bond acceptors (Lipinski definition) is 2. The van der Waals surface area contributed by atoms with Gasteiger partial charge in [-0.25, -0.2) is 4.79 Å². The number of halogens is 1. The summed E-state index contributed by atoms with van der Waals surface area (Å²) in [7, 11) is 0. The van der Waals surface area contributed by atoms with Crippen LogP contribution in [0.25, 0.3) is 5.52 Å². The molecule has 2 aromatic rings. The molecule has 2 aromatic heterocycles. The molecule has 0 unspecified atom stereocenters. The van der Waals surface area contributed by atoms with Gasteiger partial charge in [-0.2, -0.15) is 0 Å². The van der Waals surface area contributed by atoms with Crippen molar-refractivity contribution >= 4 is 27.4 Å². The zero-order valence-corrected chi connectivity index (χ0v) is 9.06. The van der Waals surface area contributed by atoms with E-state index in [1.807, 2.05) is 0 Å². The number of carbonyl (C=O) groups is 1. The summed E-state index contributed by atoms with van der Waals surface area (Å²) < 4.78 is 2.05. The smallest absolute Gasteiger partial charge is 0.341 e. The molecule has 0 aromatic carbocycles. The molecule has 0 aliphatic rings. The molecule has 0 atom stereocenters. The number of carboxylic acid groups (broad SMARTS) is 1. The lowest BCUT2D eigenvalue weighted by molar-refractivity contribution is 0.0695. The molecule has 2 heterocycles. The van der Waals surface area contributed by atoms with Gasteiger partial charge >= 0.3 is 5.97 Å². The van der Waals surface area contributed by atoms with Gasteiger partial charge in [0, 0.05) is 10.7 Å². The van der Waals surface area contributed by atoms with E-state index in [0.717, 1.165) is 4.47 Å². The number of rotatable bonds is 1. The van der Waals surface area contributed by atoms with Gasteiger partial charge in [0.2, 0.25) is 0 Å². The number of fused-ring (bicyclic) bond motifs is 1. The molecule has 4 nitrogen and oxygen atoms in total. The van der Waals surface area contributed by atoms with Crippen molar-refractivity contribution < 1.29 is 9.90 Å². The summed E-state index contributed by atoms with van der Waals surface area (Å²) >= 11 is 3.29. The van der Waals surface area contributed by atoms with Crippen LogP contribution >= 0.6 is 15.9 Å². The van der Waals surface area contributed by atoms with Crippen LogP contribution in [0.15, 0.2) is 39.7 Å². The zero-order chi connectivity index (χ0) is 11.0. The van der Waals surface area contributed by atoms with Crippen LogP contribution in [0.5, 0.6) is 0 Å². The summed E-state index contributed by atoms with van der Waals surface area (Å²) in [5.41, 5.74) is -0.112. The fourth-order valence-electron chi connectivity index (χ4n) is 1.36. The zero-order valence-electron chi connectivity index (χ0n) is 7.48. The van der Waals surface area contributed by atoms with Crippen LogP contribution in [0.2, 0.25) is 0 Å². The highest BCUT2D eigenvalue weighted by molar-refractivity contribution is 9.10. The van der Waals surface area contributed by atoms with Gasteiger partial charge in [-0.1, -0.05) is 0 Å². The highest BCUT2D eigenvalue weighted by Gasteiger charge is 2.10. The molecule has 0 saturated carbocycles. The Morgan fingerprint density at radius 3 is 2.73 bits per heavy atom. The third-order valence-corrected chi connectivity index (χ3v) is 2.74. The fourth-order valence-corrected chi connectivity index (χ4v) is 1.83. The van der Waals surface area contributed by atoms with Crippen LogP contribution in [0.3, 0.4) is 0 Å². The monoisotopic (exact) mass is 267 g/mol. The number of nitrogens with zero attached hydrogens (tertiary/aromatic N) is 1. The minimum atomic E-state index is -1.21. The molecule has 0 saturated heterocycles. The van der Waals surface area contributed by atoms with Crippen molar-refractivity contribution in [3.63, 3.8) is 0 Å². The van der Waals surface area contributed by atoms with Crippen molar-refractivity contribution in [3.8, 4) is 0 Å². The molecule has 15 heavy (non-hydrogen) atoms. The molecule has 0 bridgehead atoms. The second-order valence-electron chi connectivity index (χ2n) is 2.97. The molecule has 0 spiro atoms. The number of aromatic nitrogens is 1. The maximum absolute atomic E-state index is 11.7. The summed E-state index contributed by atoms with van der Waals surface area (Å²) in [6.45, 7) is 0. The topological polar surface area (TPSA) is 58.8 Å². The fraction of sp³-hybridized carbons (Fsp3) is 0. The van der Waals surface area contributed by atoms with Crippen molar-refractivity contribution in [2.75, 3.05) is 0 Å². The molecule has 1 N–H and O–H groups in total. The normalized spacial score (nSPS) is 10.5. The molecule has 0 fully saturated rings. The van der Waals surface area contributed by atoms with Crippen LogP contribution in [0, 0.1) is 0 Å². The van der Waals surface area contributed by atoms with E-state index in [-0.39, 0.29) is 5.56 Å². The Morgan fingerprint density at radius 1 is 1.33 bits per heavy atom. The lowest BCUT2D eigenvalue weighted by atomic mass is 10.2. The van der Waals surface area contributed by atoms with E-state index in [4.69, 9.17) is 5.11 Å². The standard InChI is InChI=1S/C10H6BrNO3/c11-7-2-1-5-12-8(7)4-3-6(9(12)13)10(14)15/h1-5H,(H,14,15). The lowest BCUT2D eigenvalue weighted by Gasteiger charge is -2.03. The predicted molar refractivity (Wildman–Crippen MR) is 58.3 cm³/mol. The van der Waals surface area contributed by atoms with Crippen molar-refractivity contribution in [1.82, 2.24) is 4.40 Å². The molecule has 0 radical (unpaired) electrons. The molecule has 2 rings (SSSR count). The Hall–Kier alpha value is -1.62. The van der Waals surface area contributed by atoms with Crippen molar-refractivity contribution in [2.45, 2.75) is 0 Å². The van der Waals surface area contributed by atoms with Crippen molar-refractivity contribution in [3.05, 3.63) is 50.9 Å². The van der Waals surface area contributed by atoms with Crippen LogP contribution < -0.4 is 5.56 Å². The number of hydrogen-bond donors (Lipinski definition) is 1. The van der Waals surface area contributed by atoms with Gasteiger partial charge in [-0.3, -0.25) is 9.20 Å². The Kier molecular flexibility index (Phi) is 2.32. The summed E-state index contributed by atoms with van der Waals surface area (Å²) in [5.74, 6) is -1.21. The maximum Gasteiger partial charge on any atom is 0.341 e. The first kappa shape index (κ1) is 9.92. The molecule has 0 aliphatic carbocycles. The Balaban J connectivity index is 2.92. The van der Waals surface area contributed by atoms with Crippen LogP contribution in [0.1, 0.15) is 10.4 Å². The Labute approximate surface area is 92.9 Å². The summed E-state index contributed by atoms with van der Waals surface area (Å²) in [5, 5.41) is 8.77. The van der Waals surface area contributed by atoms with E-state index in [1.165, 1.54) is 16.7 Å². The summed E-state index contributed by atoms with van der Waals surface area (Å²) in [6.07, 6.45) is 1.54. The minimum Gasteiger partial charge on any atom is -0.477 e. The summed E-state index contributed by atoms with van der Waals surface area (Å²) in [4.78, 5) is 22.4. The van der Waals surface area contributed by atoms with Gasteiger partial charge < -0.3 is 5.11 Å². The first-order chi connectivity index (χ1) is 7.11. The first-order valence-electron chi connectivity index (χ1n) is 4.14. The largest absolute Gasteiger partial charge is 0.477 e. The van der Waals surface area contributed by atoms with Crippen LogP contribution in [0.4, 0.5) is 0 Å². The van der Waals surface area contributed by atoms with E-state index in [9.17, 15) is 9.59 Å². The molecular formula is C10H6BrNO3. The SMILES string of the molecule is O=C(O)c1ccc2c(Br)cccn2c1=O. The van der Waals surface area contributed by atoms with Gasteiger partial charge in [0.05, 0.1) is 5.52 Å². The van der Waals surface area contributed by atoms with E-state index >= 15 is 0 Å². The molecule has 76 valence electrons. The highest BCUT2D eigenvalue weighted by Crippen LogP contribution is 2.15. The number of aromatic carboxylic acids is 1. The van der Waals surface area contributed by atoms with Gasteiger partial charge in [-0.05, 0) is 40.2 Å². The predicted octanol–water partition coefficient (Wildman–Crippen LogP) is 1.76. The van der Waals surface area contributed by atoms with Gasteiger partial charge in [0.15, 0.2) is 0 Å². The van der Waals surface area contributed by atoms with E-state index < -0.39 is 11.5 Å². The molecule has 5 heteroatoms. The quantitative estimate of drug-likeness (QED) is 0.857.